The number of thiophene rings is 1. The van der Waals surface area contributed by atoms with Crippen LogP contribution in [0.4, 0.5) is 4.39 Å². The monoisotopic (exact) mass is 427 g/mol. The maximum absolute atomic E-state index is 14.2. The third-order valence-corrected chi connectivity index (χ3v) is 5.91. The van der Waals surface area contributed by atoms with E-state index in [-0.39, 0.29) is 11.9 Å². The molecule has 0 radical (unpaired) electrons. The fourth-order valence-electron chi connectivity index (χ4n) is 2.48. The van der Waals surface area contributed by atoms with E-state index in [0.29, 0.717) is 5.56 Å². The van der Waals surface area contributed by atoms with Crippen molar-refractivity contribution in [3.8, 4) is 0 Å². The summed E-state index contributed by atoms with van der Waals surface area (Å²) >= 11 is 8.66. The molecule has 108 valence electrons. The predicted molar refractivity (Wildman–Crippen MR) is 94.5 cm³/mol. The highest BCUT2D eigenvalue weighted by atomic mass is 79.9. The van der Waals surface area contributed by atoms with E-state index < -0.39 is 0 Å². The van der Waals surface area contributed by atoms with Gasteiger partial charge < -0.3 is 5.32 Å². The van der Waals surface area contributed by atoms with E-state index >= 15 is 0 Å². The number of rotatable bonds is 3. The van der Waals surface area contributed by atoms with Crippen molar-refractivity contribution in [1.82, 2.24) is 5.32 Å². The van der Waals surface area contributed by atoms with E-state index in [1.54, 1.807) is 17.4 Å². The van der Waals surface area contributed by atoms with Crippen molar-refractivity contribution in [2.75, 3.05) is 7.05 Å². The first-order valence-corrected chi connectivity index (χ1v) is 8.86. The summed E-state index contributed by atoms with van der Waals surface area (Å²) in [6, 6.07) is 11.0. The summed E-state index contributed by atoms with van der Waals surface area (Å²) in [5, 5.41) is 6.47. The maximum Gasteiger partial charge on any atom is 0.128 e. The summed E-state index contributed by atoms with van der Waals surface area (Å²) in [5.74, 6) is -0.202. The Labute approximate surface area is 143 Å². The molecule has 0 aliphatic heterocycles. The van der Waals surface area contributed by atoms with Crippen molar-refractivity contribution in [1.29, 1.82) is 0 Å². The molecule has 1 atom stereocenters. The predicted octanol–water partition coefficient (Wildman–Crippen LogP) is 5.87. The molecule has 5 heteroatoms. The zero-order valence-corrected chi connectivity index (χ0v) is 15.1. The number of nitrogens with one attached hydrogen (secondary N) is 1. The Balaban J connectivity index is 2.19. The van der Waals surface area contributed by atoms with Crippen LogP contribution in [0.2, 0.25) is 0 Å². The minimum Gasteiger partial charge on any atom is -0.309 e. The molecule has 21 heavy (non-hydrogen) atoms. The van der Waals surface area contributed by atoms with E-state index in [2.05, 4.69) is 48.6 Å². The Morgan fingerprint density at radius 2 is 1.95 bits per heavy atom. The molecular formula is C16H12Br2FNS. The zero-order chi connectivity index (χ0) is 15.0. The summed E-state index contributed by atoms with van der Waals surface area (Å²) in [5.41, 5.74) is 1.74. The van der Waals surface area contributed by atoms with Gasteiger partial charge in [0.15, 0.2) is 0 Å². The average molecular weight is 429 g/mol. The van der Waals surface area contributed by atoms with Gasteiger partial charge >= 0.3 is 0 Å². The van der Waals surface area contributed by atoms with E-state index in [9.17, 15) is 4.39 Å². The van der Waals surface area contributed by atoms with Gasteiger partial charge in [-0.05, 0) is 63.6 Å². The first kappa shape index (κ1) is 15.2. The molecule has 0 bridgehead atoms. The van der Waals surface area contributed by atoms with Crippen LogP contribution >= 0.6 is 43.2 Å². The number of benzene rings is 2. The van der Waals surface area contributed by atoms with Crippen LogP contribution in [-0.2, 0) is 0 Å². The van der Waals surface area contributed by atoms with Gasteiger partial charge in [0.1, 0.15) is 5.82 Å². The minimum absolute atomic E-state index is 0.175. The normalized spacial score (nSPS) is 12.8. The lowest BCUT2D eigenvalue weighted by Gasteiger charge is -2.17. The second-order valence-corrected chi connectivity index (χ2v) is 7.34. The first-order valence-electron chi connectivity index (χ1n) is 6.39. The number of fused-ring (bicyclic) bond motifs is 1. The van der Waals surface area contributed by atoms with Crippen molar-refractivity contribution in [3.05, 3.63) is 67.7 Å². The van der Waals surface area contributed by atoms with Gasteiger partial charge in [-0.2, -0.15) is 0 Å². The number of halogens is 3. The smallest absolute Gasteiger partial charge is 0.128 e. The molecule has 0 amide bonds. The largest absolute Gasteiger partial charge is 0.309 e. The molecular weight excluding hydrogens is 417 g/mol. The van der Waals surface area contributed by atoms with Gasteiger partial charge in [0, 0.05) is 19.2 Å². The topological polar surface area (TPSA) is 12.0 Å². The molecule has 1 heterocycles. The first-order chi connectivity index (χ1) is 10.1. The second kappa shape index (κ2) is 6.16. The van der Waals surface area contributed by atoms with Crippen LogP contribution in [0.15, 0.2) is 50.7 Å². The van der Waals surface area contributed by atoms with E-state index in [0.717, 1.165) is 19.9 Å². The minimum atomic E-state index is -0.202. The second-order valence-electron chi connectivity index (χ2n) is 4.70. The van der Waals surface area contributed by atoms with Crippen LogP contribution in [0, 0.1) is 5.82 Å². The summed E-state index contributed by atoms with van der Waals surface area (Å²) in [6.07, 6.45) is 0. The van der Waals surface area contributed by atoms with E-state index in [1.165, 1.54) is 10.8 Å². The van der Waals surface area contributed by atoms with Gasteiger partial charge in [0.25, 0.3) is 0 Å². The quantitative estimate of drug-likeness (QED) is 0.549. The molecule has 0 fully saturated rings. The lowest BCUT2D eigenvalue weighted by Crippen LogP contribution is -2.18. The molecule has 2 aromatic carbocycles. The van der Waals surface area contributed by atoms with Crippen LogP contribution in [0.1, 0.15) is 17.2 Å². The van der Waals surface area contributed by atoms with Gasteiger partial charge in [-0.25, -0.2) is 4.39 Å². The van der Waals surface area contributed by atoms with Gasteiger partial charge in [0.2, 0.25) is 0 Å². The van der Waals surface area contributed by atoms with Crippen LogP contribution in [0.5, 0.6) is 0 Å². The van der Waals surface area contributed by atoms with Crippen molar-refractivity contribution in [2.45, 2.75) is 6.04 Å². The molecule has 0 spiro atoms. The molecule has 0 aliphatic rings. The van der Waals surface area contributed by atoms with Crippen molar-refractivity contribution < 1.29 is 4.39 Å². The van der Waals surface area contributed by atoms with Crippen LogP contribution in [0.3, 0.4) is 0 Å². The molecule has 1 N–H and O–H groups in total. The Bertz CT molecular complexity index is 800. The summed E-state index contributed by atoms with van der Waals surface area (Å²) in [4.78, 5) is 0. The van der Waals surface area contributed by atoms with Crippen molar-refractivity contribution >= 4 is 53.3 Å². The Kier molecular flexibility index (Phi) is 4.45. The highest BCUT2D eigenvalue weighted by molar-refractivity contribution is 9.11. The van der Waals surface area contributed by atoms with Gasteiger partial charge in [-0.15, -0.1) is 11.3 Å². The fourth-order valence-corrected chi connectivity index (χ4v) is 4.51. The molecule has 3 aromatic rings. The molecule has 1 aromatic heterocycles. The molecule has 1 nitrogen and oxygen atoms in total. The molecule has 0 saturated heterocycles. The van der Waals surface area contributed by atoms with Crippen LogP contribution in [-0.4, -0.2) is 7.05 Å². The average Bonchev–Trinajstić information content (AvgIpc) is 2.89. The molecule has 1 unspecified atom stereocenters. The highest BCUT2D eigenvalue weighted by Gasteiger charge is 2.20. The van der Waals surface area contributed by atoms with Crippen LogP contribution < -0.4 is 5.32 Å². The lowest BCUT2D eigenvalue weighted by molar-refractivity contribution is 0.577. The van der Waals surface area contributed by atoms with Gasteiger partial charge in [-0.3, -0.25) is 0 Å². The zero-order valence-electron chi connectivity index (χ0n) is 11.2. The number of hydrogen-bond donors (Lipinski definition) is 1. The highest BCUT2D eigenvalue weighted by Crippen LogP contribution is 2.38. The van der Waals surface area contributed by atoms with Gasteiger partial charge in [0.05, 0.1) is 6.04 Å². The third-order valence-electron chi connectivity index (χ3n) is 3.45. The maximum atomic E-state index is 14.2. The molecule has 3 rings (SSSR count). The van der Waals surface area contributed by atoms with E-state index in [4.69, 9.17) is 0 Å². The summed E-state index contributed by atoms with van der Waals surface area (Å²) in [7, 11) is 1.85. The van der Waals surface area contributed by atoms with E-state index in [1.807, 2.05) is 25.2 Å². The lowest BCUT2D eigenvalue weighted by atomic mass is 9.98. The van der Waals surface area contributed by atoms with Crippen molar-refractivity contribution in [2.24, 2.45) is 0 Å². The summed E-state index contributed by atoms with van der Waals surface area (Å²) in [6.45, 7) is 0. The Morgan fingerprint density at radius 3 is 2.71 bits per heavy atom. The Morgan fingerprint density at radius 1 is 1.14 bits per heavy atom. The summed E-state index contributed by atoms with van der Waals surface area (Å²) < 4.78 is 17.3. The van der Waals surface area contributed by atoms with Crippen molar-refractivity contribution in [3.63, 3.8) is 0 Å². The van der Waals surface area contributed by atoms with Crippen LogP contribution in [0.25, 0.3) is 10.1 Å². The number of hydrogen-bond acceptors (Lipinski definition) is 2. The Hall–Kier alpha value is -0.750. The standard InChI is InChI=1S/C16H12Br2FNS/c1-20-15(11-7-9(17)5-6-14(11)19)12-8-21-16-10(12)3-2-4-13(16)18/h2-8,15,20H,1H3. The molecule has 0 aliphatic carbocycles. The van der Waals surface area contributed by atoms with Gasteiger partial charge in [-0.1, -0.05) is 28.1 Å². The molecule has 0 saturated carbocycles. The SMILES string of the molecule is CNC(c1cc(Br)ccc1F)c1csc2c(Br)cccc12. The fraction of sp³-hybridized carbons (Fsp3) is 0.125. The third kappa shape index (κ3) is 2.80.